The molecule has 5 rings (SSSR count). The first kappa shape index (κ1) is 24.9. The third-order valence-corrected chi connectivity index (χ3v) is 8.74. The van der Waals surface area contributed by atoms with Crippen molar-refractivity contribution in [3.05, 3.63) is 82.3 Å². The molecule has 10 heteroatoms. The van der Waals surface area contributed by atoms with Gasteiger partial charge < -0.3 is 5.32 Å². The summed E-state index contributed by atoms with van der Waals surface area (Å²) < 4.78 is 30.2. The van der Waals surface area contributed by atoms with Crippen LogP contribution in [0.5, 0.6) is 0 Å². The van der Waals surface area contributed by atoms with Crippen LogP contribution in [-0.2, 0) is 14.8 Å². The molecular weight excluding hydrogens is 490 g/mol. The minimum atomic E-state index is -3.54. The minimum absolute atomic E-state index is 0.194. The number of rotatable bonds is 6. The lowest BCUT2D eigenvalue weighted by Crippen LogP contribution is -2.32. The van der Waals surface area contributed by atoms with Crippen molar-refractivity contribution >= 4 is 32.7 Å². The molecule has 0 bridgehead atoms. The number of hydrogen-bond acceptors (Lipinski definition) is 5. The fourth-order valence-electron chi connectivity index (χ4n) is 4.91. The fourth-order valence-corrected chi connectivity index (χ4v) is 6.42. The van der Waals surface area contributed by atoms with Gasteiger partial charge in [0.05, 0.1) is 16.3 Å². The highest BCUT2D eigenvalue weighted by Crippen LogP contribution is 2.27. The van der Waals surface area contributed by atoms with E-state index in [4.69, 9.17) is 0 Å². The number of nitrogens with one attached hydrogen (secondary N) is 1. The predicted octanol–water partition coefficient (Wildman–Crippen LogP) is 3.79. The summed E-state index contributed by atoms with van der Waals surface area (Å²) in [6, 6.07) is 16.3. The molecule has 2 aromatic heterocycles. The van der Waals surface area contributed by atoms with Crippen LogP contribution in [0.25, 0.3) is 16.7 Å². The molecule has 0 saturated carbocycles. The van der Waals surface area contributed by atoms with Crippen molar-refractivity contribution in [1.82, 2.24) is 18.7 Å². The lowest BCUT2D eigenvalue weighted by atomic mass is 10.1. The van der Waals surface area contributed by atoms with Gasteiger partial charge in [-0.15, -0.1) is 0 Å². The lowest BCUT2D eigenvalue weighted by Gasteiger charge is -2.19. The third kappa shape index (κ3) is 4.47. The fraction of sp³-hybridized carbons (Fsp3) is 0.296. The van der Waals surface area contributed by atoms with Crippen LogP contribution in [0.3, 0.4) is 0 Å². The van der Waals surface area contributed by atoms with Gasteiger partial charge in [0, 0.05) is 30.2 Å². The molecule has 1 saturated heterocycles. The first-order valence-corrected chi connectivity index (χ1v) is 13.7. The summed E-state index contributed by atoms with van der Waals surface area (Å²) in [6.07, 6.45) is 1.72. The van der Waals surface area contributed by atoms with Crippen molar-refractivity contribution in [3.8, 4) is 5.69 Å². The molecule has 1 amide bonds. The van der Waals surface area contributed by atoms with E-state index >= 15 is 0 Å². The van der Waals surface area contributed by atoms with E-state index in [1.165, 1.54) is 27.1 Å². The number of carbonyl (C=O) groups is 1. The third-order valence-electron chi connectivity index (χ3n) is 6.83. The van der Waals surface area contributed by atoms with Crippen molar-refractivity contribution in [3.63, 3.8) is 0 Å². The highest BCUT2D eigenvalue weighted by molar-refractivity contribution is 7.89. The van der Waals surface area contributed by atoms with Gasteiger partial charge in [0.15, 0.2) is 0 Å². The van der Waals surface area contributed by atoms with Gasteiger partial charge >= 0.3 is 0 Å². The van der Waals surface area contributed by atoms with Crippen molar-refractivity contribution < 1.29 is 13.2 Å². The van der Waals surface area contributed by atoms with E-state index in [-0.39, 0.29) is 10.5 Å². The van der Waals surface area contributed by atoms with E-state index in [9.17, 15) is 18.0 Å². The number of fused-ring (bicyclic) bond motifs is 1. The Morgan fingerprint density at radius 2 is 1.65 bits per heavy atom. The summed E-state index contributed by atoms with van der Waals surface area (Å²) >= 11 is 0. The second kappa shape index (κ2) is 9.60. The zero-order valence-electron chi connectivity index (χ0n) is 21.0. The van der Waals surface area contributed by atoms with Gasteiger partial charge in [-0.1, -0.05) is 18.2 Å². The van der Waals surface area contributed by atoms with Crippen LogP contribution in [0, 0.1) is 13.8 Å². The highest BCUT2D eigenvalue weighted by atomic mass is 32.2. The molecule has 4 aromatic rings. The number of nitrogens with zero attached hydrogens (tertiary/aromatic N) is 4. The summed E-state index contributed by atoms with van der Waals surface area (Å²) in [7, 11) is -3.54. The molecule has 192 valence electrons. The number of anilines is 1. The van der Waals surface area contributed by atoms with Crippen LogP contribution in [0.15, 0.2) is 70.4 Å². The Labute approximate surface area is 215 Å². The van der Waals surface area contributed by atoms with E-state index in [0.29, 0.717) is 24.4 Å². The number of amides is 1. The number of sulfonamides is 1. The van der Waals surface area contributed by atoms with E-state index in [2.05, 4.69) is 10.4 Å². The Morgan fingerprint density at radius 3 is 2.30 bits per heavy atom. The van der Waals surface area contributed by atoms with Gasteiger partial charge in [-0.3, -0.25) is 14.2 Å². The Bertz CT molecular complexity index is 1630. The van der Waals surface area contributed by atoms with Crippen molar-refractivity contribution in [2.75, 3.05) is 18.4 Å². The van der Waals surface area contributed by atoms with Gasteiger partial charge in [0.1, 0.15) is 11.7 Å². The molecule has 1 aliphatic heterocycles. The maximum absolute atomic E-state index is 13.3. The monoisotopic (exact) mass is 519 g/mol. The predicted molar refractivity (Wildman–Crippen MR) is 143 cm³/mol. The van der Waals surface area contributed by atoms with E-state index in [1.807, 2.05) is 44.2 Å². The smallest absolute Gasteiger partial charge is 0.253 e. The number of para-hydroxylation sites is 1. The first-order valence-electron chi connectivity index (χ1n) is 12.3. The maximum Gasteiger partial charge on any atom is 0.253 e. The SMILES string of the molecule is Cc1cc(=O)n(C(C)C(=O)Nc2ccc(S(=O)(=O)N3CCCC3)cc2)c2c1c(C)nn2-c1ccccc1. The van der Waals surface area contributed by atoms with Crippen LogP contribution >= 0.6 is 0 Å². The topological polar surface area (TPSA) is 106 Å². The molecule has 1 N–H and O–H groups in total. The van der Waals surface area contributed by atoms with Gasteiger partial charge in [0.2, 0.25) is 15.9 Å². The zero-order chi connectivity index (χ0) is 26.3. The standard InChI is InChI=1S/C27H29N5O4S/c1-18-17-24(33)31(27-25(18)19(2)29-32(27)22-9-5-4-6-10-22)20(3)26(34)28-21-11-13-23(14-12-21)37(35,36)30-15-7-8-16-30/h4-6,9-14,17,20H,7-8,15-16H2,1-3H3,(H,28,34). The molecule has 0 spiro atoms. The molecule has 37 heavy (non-hydrogen) atoms. The minimum Gasteiger partial charge on any atom is -0.324 e. The zero-order valence-corrected chi connectivity index (χ0v) is 21.8. The normalized spacial score (nSPS) is 15.2. The van der Waals surface area contributed by atoms with Crippen LogP contribution in [0.1, 0.15) is 37.1 Å². The van der Waals surface area contributed by atoms with E-state index in [0.717, 1.165) is 35.2 Å². The molecule has 1 aliphatic rings. The van der Waals surface area contributed by atoms with Crippen LogP contribution < -0.4 is 10.9 Å². The number of carbonyl (C=O) groups excluding carboxylic acids is 1. The molecule has 1 atom stereocenters. The highest BCUT2D eigenvalue weighted by Gasteiger charge is 2.27. The molecule has 0 aliphatic carbocycles. The first-order chi connectivity index (χ1) is 17.7. The van der Waals surface area contributed by atoms with E-state index in [1.54, 1.807) is 23.7 Å². The summed E-state index contributed by atoms with van der Waals surface area (Å²) in [4.78, 5) is 26.7. The molecule has 0 radical (unpaired) electrons. The Hall–Kier alpha value is -3.76. The largest absolute Gasteiger partial charge is 0.324 e. The van der Waals surface area contributed by atoms with Crippen LogP contribution in [-0.4, -0.2) is 46.1 Å². The molecule has 1 fully saturated rings. The van der Waals surface area contributed by atoms with Crippen molar-refractivity contribution in [2.24, 2.45) is 0 Å². The van der Waals surface area contributed by atoms with Crippen molar-refractivity contribution in [2.45, 2.75) is 44.6 Å². The summed E-state index contributed by atoms with van der Waals surface area (Å²) in [6.45, 7) is 6.45. The number of benzene rings is 2. The van der Waals surface area contributed by atoms with Gasteiger partial charge in [-0.05, 0) is 75.6 Å². The molecule has 1 unspecified atom stereocenters. The van der Waals surface area contributed by atoms with Gasteiger partial charge in [0.25, 0.3) is 5.56 Å². The van der Waals surface area contributed by atoms with Crippen LogP contribution in [0.2, 0.25) is 0 Å². The van der Waals surface area contributed by atoms with Gasteiger partial charge in [-0.2, -0.15) is 9.40 Å². The Kier molecular flexibility index (Phi) is 6.47. The second-order valence-corrected chi connectivity index (χ2v) is 11.3. The molecule has 3 heterocycles. The lowest BCUT2D eigenvalue weighted by molar-refractivity contribution is -0.118. The van der Waals surface area contributed by atoms with Crippen molar-refractivity contribution in [1.29, 1.82) is 0 Å². The number of hydrogen-bond donors (Lipinski definition) is 1. The Morgan fingerprint density at radius 1 is 1.00 bits per heavy atom. The quantitative estimate of drug-likeness (QED) is 0.417. The number of aromatic nitrogens is 3. The maximum atomic E-state index is 13.3. The average molecular weight is 520 g/mol. The number of aryl methyl sites for hydroxylation is 2. The second-order valence-electron chi connectivity index (χ2n) is 9.37. The molecule has 2 aromatic carbocycles. The summed E-state index contributed by atoms with van der Waals surface area (Å²) in [5, 5.41) is 8.32. The Balaban J connectivity index is 1.48. The van der Waals surface area contributed by atoms with E-state index < -0.39 is 22.0 Å². The number of pyridine rings is 1. The van der Waals surface area contributed by atoms with Gasteiger partial charge in [-0.25, -0.2) is 13.1 Å². The molecular formula is C27H29N5O4S. The average Bonchev–Trinajstić information content (AvgIpc) is 3.54. The summed E-state index contributed by atoms with van der Waals surface area (Å²) in [5.74, 6) is -0.402. The van der Waals surface area contributed by atoms with Crippen LogP contribution in [0.4, 0.5) is 5.69 Å². The summed E-state index contributed by atoms with van der Waals surface area (Å²) in [5.41, 5.74) is 3.01. The molecule has 9 nitrogen and oxygen atoms in total.